The van der Waals surface area contributed by atoms with Crippen LogP contribution >= 0.6 is 0 Å². The van der Waals surface area contributed by atoms with Crippen molar-refractivity contribution in [3.05, 3.63) is 35.9 Å². The molecular formula is C16H20N2O6. The molecule has 0 radical (unpaired) electrons. The summed E-state index contributed by atoms with van der Waals surface area (Å²) in [6, 6.07) is 7.86. The number of benzene rings is 1. The van der Waals surface area contributed by atoms with Crippen LogP contribution in [0.4, 0.5) is 4.79 Å². The van der Waals surface area contributed by atoms with Gasteiger partial charge in [-0.15, -0.1) is 0 Å². The molecular weight excluding hydrogens is 316 g/mol. The number of carboxylic acids is 1. The largest absolute Gasteiger partial charge is 0.480 e. The number of carbonyl (C=O) groups is 3. The van der Waals surface area contributed by atoms with Gasteiger partial charge in [0.15, 0.2) is 6.04 Å². The van der Waals surface area contributed by atoms with E-state index in [-0.39, 0.29) is 25.5 Å². The summed E-state index contributed by atoms with van der Waals surface area (Å²) in [6.45, 7) is 0.481. The number of hydrogen-bond acceptors (Lipinski definition) is 5. The minimum Gasteiger partial charge on any atom is -0.480 e. The van der Waals surface area contributed by atoms with Gasteiger partial charge in [-0.3, -0.25) is 4.79 Å². The van der Waals surface area contributed by atoms with Crippen LogP contribution in [0.5, 0.6) is 0 Å². The van der Waals surface area contributed by atoms with E-state index in [1.165, 1.54) is 0 Å². The van der Waals surface area contributed by atoms with E-state index in [2.05, 4.69) is 5.32 Å². The van der Waals surface area contributed by atoms with Crippen LogP contribution < -0.4 is 5.32 Å². The van der Waals surface area contributed by atoms with E-state index in [1.807, 2.05) is 30.3 Å². The van der Waals surface area contributed by atoms with Gasteiger partial charge in [0, 0.05) is 19.5 Å². The average Bonchev–Trinajstić information content (AvgIpc) is 2.56. The first-order chi connectivity index (χ1) is 11.5. The van der Waals surface area contributed by atoms with Crippen LogP contribution in [0.15, 0.2) is 30.3 Å². The zero-order valence-corrected chi connectivity index (χ0v) is 13.1. The molecule has 0 saturated carbocycles. The molecule has 1 aliphatic rings. The maximum atomic E-state index is 11.6. The smallest absolute Gasteiger partial charge is 0.407 e. The predicted octanol–water partition coefficient (Wildman–Crippen LogP) is 0.349. The number of nitrogens with one attached hydrogen (secondary N) is 1. The summed E-state index contributed by atoms with van der Waals surface area (Å²) < 4.78 is 5.00. The molecule has 1 aliphatic heterocycles. The summed E-state index contributed by atoms with van der Waals surface area (Å²) in [7, 11) is 0. The molecule has 0 bridgehead atoms. The van der Waals surface area contributed by atoms with Crippen molar-refractivity contribution in [1.82, 2.24) is 10.2 Å². The van der Waals surface area contributed by atoms with Crippen LogP contribution in [0.25, 0.3) is 0 Å². The minimum atomic E-state index is -1.28. The fourth-order valence-electron chi connectivity index (χ4n) is 2.39. The number of aliphatic carboxylic acids is 1. The lowest BCUT2D eigenvalue weighted by atomic mass is 10.0. The van der Waals surface area contributed by atoms with E-state index >= 15 is 0 Å². The first-order valence-corrected chi connectivity index (χ1v) is 7.64. The SMILES string of the molecule is O=C(NCCC(O)C(C(=O)O)N1CCC1=O)OCc1ccccc1. The fraction of sp³-hybridized carbons (Fsp3) is 0.438. The predicted molar refractivity (Wildman–Crippen MR) is 83.0 cm³/mol. The van der Waals surface area contributed by atoms with Crippen molar-refractivity contribution in [2.45, 2.75) is 31.6 Å². The molecule has 130 valence electrons. The highest BCUT2D eigenvalue weighted by molar-refractivity contribution is 5.88. The number of alkyl carbamates (subject to hydrolysis) is 1. The molecule has 24 heavy (non-hydrogen) atoms. The van der Waals surface area contributed by atoms with Crippen LogP contribution in [0.1, 0.15) is 18.4 Å². The van der Waals surface area contributed by atoms with Gasteiger partial charge in [0.1, 0.15) is 6.61 Å². The van der Waals surface area contributed by atoms with Crippen molar-refractivity contribution in [3.63, 3.8) is 0 Å². The molecule has 2 amide bonds. The average molecular weight is 336 g/mol. The Hall–Kier alpha value is -2.61. The van der Waals surface area contributed by atoms with Crippen LogP contribution in [0, 0.1) is 0 Å². The van der Waals surface area contributed by atoms with Gasteiger partial charge in [-0.25, -0.2) is 9.59 Å². The number of amides is 2. The number of aliphatic hydroxyl groups is 1. The zero-order valence-electron chi connectivity index (χ0n) is 13.1. The summed E-state index contributed by atoms with van der Waals surface area (Å²) in [5, 5.41) is 21.6. The maximum Gasteiger partial charge on any atom is 0.407 e. The first-order valence-electron chi connectivity index (χ1n) is 7.64. The highest BCUT2D eigenvalue weighted by atomic mass is 16.5. The van der Waals surface area contributed by atoms with Gasteiger partial charge in [0.05, 0.1) is 6.10 Å². The number of β-lactam (4-membered cyclic amide) rings is 1. The van der Waals surface area contributed by atoms with Gasteiger partial charge in [-0.05, 0) is 12.0 Å². The second kappa shape index (κ2) is 8.30. The lowest BCUT2D eigenvalue weighted by Crippen LogP contribution is -2.58. The van der Waals surface area contributed by atoms with Crippen molar-refractivity contribution in [1.29, 1.82) is 0 Å². The molecule has 8 nitrogen and oxygen atoms in total. The second-order valence-corrected chi connectivity index (χ2v) is 5.46. The Morgan fingerprint density at radius 3 is 2.54 bits per heavy atom. The van der Waals surface area contributed by atoms with E-state index in [0.717, 1.165) is 10.5 Å². The third kappa shape index (κ3) is 4.69. The summed E-state index contributed by atoms with van der Waals surface area (Å²) in [5.41, 5.74) is 0.843. The van der Waals surface area contributed by atoms with Crippen molar-refractivity contribution >= 4 is 18.0 Å². The third-order valence-electron chi connectivity index (χ3n) is 3.76. The molecule has 2 atom stereocenters. The number of carbonyl (C=O) groups excluding carboxylic acids is 2. The van der Waals surface area contributed by atoms with Crippen molar-refractivity contribution in [2.24, 2.45) is 0 Å². The molecule has 1 fully saturated rings. The Labute approximate surface area is 139 Å². The van der Waals surface area contributed by atoms with Gasteiger partial charge >= 0.3 is 12.1 Å². The number of rotatable bonds is 8. The van der Waals surface area contributed by atoms with E-state index < -0.39 is 24.2 Å². The van der Waals surface area contributed by atoms with Gasteiger partial charge in [0.2, 0.25) is 5.91 Å². The summed E-state index contributed by atoms with van der Waals surface area (Å²) in [6.07, 6.45) is -1.62. The third-order valence-corrected chi connectivity index (χ3v) is 3.76. The summed E-state index contributed by atoms with van der Waals surface area (Å²) in [4.78, 5) is 35.2. The topological polar surface area (TPSA) is 116 Å². The van der Waals surface area contributed by atoms with E-state index in [1.54, 1.807) is 0 Å². The Morgan fingerprint density at radius 2 is 2.00 bits per heavy atom. The van der Waals surface area contributed by atoms with E-state index in [0.29, 0.717) is 13.0 Å². The second-order valence-electron chi connectivity index (χ2n) is 5.46. The van der Waals surface area contributed by atoms with Crippen molar-refractivity contribution in [2.75, 3.05) is 13.1 Å². The minimum absolute atomic E-state index is 0.00117. The number of likely N-dealkylation sites (tertiary alicyclic amines) is 1. The van der Waals surface area contributed by atoms with Crippen LogP contribution in [0.3, 0.4) is 0 Å². The number of carboxylic acid groups (broad SMARTS) is 1. The van der Waals surface area contributed by atoms with Gasteiger partial charge in [-0.2, -0.15) is 0 Å². The van der Waals surface area contributed by atoms with Gasteiger partial charge in [0.25, 0.3) is 0 Å². The van der Waals surface area contributed by atoms with Crippen LogP contribution in [-0.4, -0.2) is 58.3 Å². The molecule has 8 heteroatoms. The highest BCUT2D eigenvalue weighted by Gasteiger charge is 2.39. The van der Waals surface area contributed by atoms with Crippen LogP contribution in [-0.2, 0) is 20.9 Å². The number of ether oxygens (including phenoxy) is 1. The number of hydrogen-bond donors (Lipinski definition) is 3. The molecule has 1 saturated heterocycles. The molecule has 0 spiro atoms. The Bertz CT molecular complexity index is 591. The molecule has 2 rings (SSSR count). The van der Waals surface area contributed by atoms with Crippen molar-refractivity contribution < 1.29 is 29.3 Å². The van der Waals surface area contributed by atoms with E-state index in [9.17, 15) is 19.5 Å². The van der Waals surface area contributed by atoms with Gasteiger partial charge in [-0.1, -0.05) is 30.3 Å². The normalized spacial score (nSPS) is 16.0. The molecule has 0 aromatic heterocycles. The standard InChI is InChI=1S/C16H20N2O6/c19-12(14(15(21)22)18-9-7-13(18)20)6-8-17-16(23)24-10-11-4-2-1-3-5-11/h1-5,12,14,19H,6-10H2,(H,17,23)(H,21,22). The van der Waals surface area contributed by atoms with Gasteiger partial charge < -0.3 is 25.2 Å². The first kappa shape index (κ1) is 17.7. The summed E-state index contributed by atoms with van der Waals surface area (Å²) >= 11 is 0. The lowest BCUT2D eigenvalue weighted by Gasteiger charge is -2.37. The maximum absolute atomic E-state index is 11.6. The van der Waals surface area contributed by atoms with E-state index in [4.69, 9.17) is 9.84 Å². The molecule has 1 heterocycles. The Morgan fingerprint density at radius 1 is 1.29 bits per heavy atom. The quantitative estimate of drug-likeness (QED) is 0.590. The molecule has 3 N–H and O–H groups in total. The molecule has 0 aliphatic carbocycles. The number of nitrogens with zero attached hydrogens (tertiary/aromatic N) is 1. The number of aliphatic hydroxyl groups excluding tert-OH is 1. The fourth-order valence-corrected chi connectivity index (χ4v) is 2.39. The van der Waals surface area contributed by atoms with Crippen LogP contribution in [0.2, 0.25) is 0 Å². The zero-order chi connectivity index (χ0) is 17.5. The monoisotopic (exact) mass is 336 g/mol. The Balaban J connectivity index is 1.71. The summed E-state index contributed by atoms with van der Waals surface area (Å²) in [5.74, 6) is -1.56. The molecule has 1 aromatic carbocycles. The lowest BCUT2D eigenvalue weighted by molar-refractivity contribution is -0.162. The highest BCUT2D eigenvalue weighted by Crippen LogP contribution is 2.17. The molecule has 1 aromatic rings. The van der Waals surface area contributed by atoms with Crippen molar-refractivity contribution in [3.8, 4) is 0 Å². The molecule has 2 unspecified atom stereocenters. The Kier molecular flexibility index (Phi) is 6.14.